The predicted octanol–water partition coefficient (Wildman–Crippen LogP) is 4.10. The Bertz CT molecular complexity index is 107. The zero-order valence-corrected chi connectivity index (χ0v) is 6.27. The van der Waals surface area contributed by atoms with Crippen LogP contribution in [0, 0.1) is 17.8 Å². The highest BCUT2D eigenvalue weighted by molar-refractivity contribution is 4.88. The summed E-state index contributed by atoms with van der Waals surface area (Å²) in [6.45, 7) is 2.35. The summed E-state index contributed by atoms with van der Waals surface area (Å²) in [4.78, 5) is 0. The fraction of sp³-hybridized carbons (Fsp3) is 1.00. The highest BCUT2D eigenvalue weighted by Crippen LogP contribution is 2.49. The molecular weight excluding hydrogens is 132 g/mol. The third-order valence-corrected chi connectivity index (χ3v) is 3.41. The van der Waals surface area contributed by atoms with Gasteiger partial charge in [-0.25, -0.2) is 0 Å². The second-order valence-electron chi connectivity index (χ2n) is 3.84. The minimum atomic E-state index is 0. The Balaban J connectivity index is 0.000000500. The average Bonchev–Trinajstić information content (AvgIpc) is 2.45. The molecule has 3 unspecified atom stereocenters. The van der Waals surface area contributed by atoms with Crippen molar-refractivity contribution in [1.82, 2.24) is 0 Å². The fourth-order valence-corrected chi connectivity index (χ4v) is 2.88. The van der Waals surface area contributed by atoms with E-state index < -0.39 is 0 Å². The maximum atomic E-state index is 2.35. The van der Waals surface area contributed by atoms with Crippen LogP contribution in [0.2, 0.25) is 0 Å². The van der Waals surface area contributed by atoms with Gasteiger partial charge in [-0.3, -0.25) is 0 Å². The van der Waals surface area contributed by atoms with Gasteiger partial charge in [0.05, 0.1) is 0 Å². The highest BCUT2D eigenvalue weighted by Gasteiger charge is 2.37. The largest absolute Gasteiger partial charge is 0.0776 e. The van der Waals surface area contributed by atoms with Gasteiger partial charge in [0.1, 0.15) is 0 Å². The lowest BCUT2D eigenvalue weighted by Gasteiger charge is -2.18. The smallest absolute Gasteiger partial charge is 0.0383 e. The summed E-state index contributed by atoms with van der Waals surface area (Å²) >= 11 is 0. The summed E-state index contributed by atoms with van der Waals surface area (Å²) in [6.07, 6.45) is 7.71. The molecule has 2 saturated carbocycles. The molecule has 0 heterocycles. The Morgan fingerprint density at radius 1 is 1.09 bits per heavy atom. The van der Waals surface area contributed by atoms with Crippen LogP contribution in [0.25, 0.3) is 0 Å². The molecule has 0 aromatic heterocycles. The Kier molecular flexibility index (Phi) is 4.13. The molecule has 0 amide bonds. The Labute approximate surface area is 72.4 Å². The van der Waals surface area contributed by atoms with Crippen LogP contribution in [-0.2, 0) is 0 Å². The molecule has 3 atom stereocenters. The highest BCUT2D eigenvalue weighted by atomic mass is 14.4. The Morgan fingerprint density at radius 2 is 1.82 bits per heavy atom. The molecule has 0 spiro atoms. The second-order valence-corrected chi connectivity index (χ2v) is 3.84. The molecule has 2 rings (SSSR count). The van der Waals surface area contributed by atoms with Crippen LogP contribution in [-0.4, -0.2) is 0 Å². The van der Waals surface area contributed by atoms with Crippen LogP contribution in [0.15, 0.2) is 0 Å². The van der Waals surface area contributed by atoms with Crippen molar-refractivity contribution in [1.29, 1.82) is 0 Å². The van der Waals surface area contributed by atoms with Gasteiger partial charge >= 0.3 is 0 Å². The van der Waals surface area contributed by atoms with Crippen LogP contribution in [0.3, 0.4) is 0 Å². The van der Waals surface area contributed by atoms with Gasteiger partial charge in [-0.05, 0) is 37.0 Å². The molecule has 11 heavy (non-hydrogen) atoms. The SMILES string of the molecule is C.C.CCC1CC2CCC1C2. The lowest BCUT2D eigenvalue weighted by Crippen LogP contribution is -2.08. The molecule has 0 N–H and O–H groups in total. The van der Waals surface area contributed by atoms with Gasteiger partial charge < -0.3 is 0 Å². The lowest BCUT2D eigenvalue weighted by atomic mass is 9.87. The van der Waals surface area contributed by atoms with Crippen molar-refractivity contribution >= 4 is 0 Å². The fourth-order valence-electron chi connectivity index (χ4n) is 2.88. The van der Waals surface area contributed by atoms with Crippen molar-refractivity contribution in [3.05, 3.63) is 0 Å². The summed E-state index contributed by atoms with van der Waals surface area (Å²) in [6, 6.07) is 0. The minimum Gasteiger partial charge on any atom is -0.0776 e. The van der Waals surface area contributed by atoms with Gasteiger partial charge in [-0.2, -0.15) is 0 Å². The third kappa shape index (κ3) is 1.77. The van der Waals surface area contributed by atoms with Crippen molar-refractivity contribution < 1.29 is 0 Å². The van der Waals surface area contributed by atoms with Crippen molar-refractivity contribution in [2.45, 2.75) is 53.9 Å². The van der Waals surface area contributed by atoms with E-state index in [1.54, 1.807) is 25.7 Å². The van der Waals surface area contributed by atoms with E-state index in [1.807, 2.05) is 0 Å². The zero-order valence-electron chi connectivity index (χ0n) is 6.27. The van der Waals surface area contributed by atoms with E-state index in [0.29, 0.717) is 0 Å². The third-order valence-electron chi connectivity index (χ3n) is 3.41. The second kappa shape index (κ2) is 4.13. The van der Waals surface area contributed by atoms with Gasteiger partial charge in [-0.15, -0.1) is 0 Å². The first-order chi connectivity index (χ1) is 4.40. The van der Waals surface area contributed by atoms with Gasteiger partial charge in [0.25, 0.3) is 0 Å². The molecule has 2 aliphatic rings. The van der Waals surface area contributed by atoms with Crippen LogP contribution >= 0.6 is 0 Å². The summed E-state index contributed by atoms with van der Waals surface area (Å²) in [7, 11) is 0. The van der Waals surface area contributed by atoms with Crippen LogP contribution in [0.5, 0.6) is 0 Å². The molecule has 0 heteroatoms. The van der Waals surface area contributed by atoms with Gasteiger partial charge in [0, 0.05) is 0 Å². The topological polar surface area (TPSA) is 0 Å². The van der Waals surface area contributed by atoms with Crippen LogP contribution in [0.1, 0.15) is 53.9 Å². The summed E-state index contributed by atoms with van der Waals surface area (Å²) in [5.41, 5.74) is 0. The van der Waals surface area contributed by atoms with E-state index in [-0.39, 0.29) is 14.9 Å². The average molecular weight is 156 g/mol. The van der Waals surface area contributed by atoms with Crippen molar-refractivity contribution in [3.8, 4) is 0 Å². The first kappa shape index (κ1) is 11.0. The van der Waals surface area contributed by atoms with Crippen molar-refractivity contribution in [2.75, 3.05) is 0 Å². The maximum Gasteiger partial charge on any atom is -0.0383 e. The Hall–Kier alpha value is 0. The normalized spacial score (nSPS) is 39.5. The molecule has 0 aromatic carbocycles. The molecule has 2 aliphatic carbocycles. The first-order valence-electron chi connectivity index (χ1n) is 4.40. The van der Waals surface area contributed by atoms with Gasteiger partial charge in [0.15, 0.2) is 0 Å². The molecule has 2 fully saturated rings. The quantitative estimate of drug-likeness (QED) is 0.536. The molecule has 68 valence electrons. The number of hydrogen-bond acceptors (Lipinski definition) is 0. The molecule has 0 aromatic rings. The molecule has 0 aliphatic heterocycles. The molecule has 0 saturated heterocycles. The van der Waals surface area contributed by atoms with Crippen LogP contribution in [0.4, 0.5) is 0 Å². The van der Waals surface area contributed by atoms with E-state index in [9.17, 15) is 0 Å². The molecule has 0 nitrogen and oxygen atoms in total. The summed E-state index contributed by atoms with van der Waals surface area (Å²) in [5.74, 6) is 3.43. The van der Waals surface area contributed by atoms with E-state index in [0.717, 1.165) is 17.8 Å². The van der Waals surface area contributed by atoms with Gasteiger partial charge in [-0.1, -0.05) is 34.6 Å². The Morgan fingerprint density at radius 3 is 2.09 bits per heavy atom. The predicted molar refractivity (Wildman–Crippen MR) is 52.7 cm³/mol. The van der Waals surface area contributed by atoms with Crippen molar-refractivity contribution in [2.24, 2.45) is 17.8 Å². The number of fused-ring (bicyclic) bond motifs is 2. The number of hydrogen-bond donors (Lipinski definition) is 0. The van der Waals surface area contributed by atoms with Gasteiger partial charge in [0.2, 0.25) is 0 Å². The molecule has 0 radical (unpaired) electrons. The maximum absolute atomic E-state index is 2.35. The monoisotopic (exact) mass is 156 g/mol. The van der Waals surface area contributed by atoms with E-state index in [4.69, 9.17) is 0 Å². The number of rotatable bonds is 1. The summed E-state index contributed by atoms with van der Waals surface area (Å²) < 4.78 is 0. The standard InChI is InChI=1S/C9H16.2CH4/c1-2-8-5-7-3-4-9(8)6-7;;/h7-9H,2-6H2,1H3;2*1H4. The van der Waals surface area contributed by atoms with E-state index in [2.05, 4.69) is 6.92 Å². The van der Waals surface area contributed by atoms with E-state index in [1.165, 1.54) is 6.42 Å². The van der Waals surface area contributed by atoms with Crippen molar-refractivity contribution in [3.63, 3.8) is 0 Å². The minimum absolute atomic E-state index is 0. The first-order valence-corrected chi connectivity index (χ1v) is 4.40. The molecule has 2 bridgehead atoms. The zero-order chi connectivity index (χ0) is 6.27. The lowest BCUT2D eigenvalue weighted by molar-refractivity contribution is 0.324. The molecular formula is C11H24. The van der Waals surface area contributed by atoms with Crippen LogP contribution < -0.4 is 0 Å². The summed E-state index contributed by atoms with van der Waals surface area (Å²) in [5, 5.41) is 0. The van der Waals surface area contributed by atoms with E-state index >= 15 is 0 Å².